The van der Waals surface area contributed by atoms with Gasteiger partial charge in [0.1, 0.15) is 6.04 Å². The maximum atomic E-state index is 11.6. The van der Waals surface area contributed by atoms with E-state index < -0.39 is 34.5 Å². The Morgan fingerprint density at radius 2 is 1.24 bits per heavy atom. The number of carbonyl (C=O) groups is 2. The fraction of sp³-hybridized carbons (Fsp3) is 0.200. The van der Waals surface area contributed by atoms with Crippen LogP contribution in [0.4, 0.5) is 0 Å². The van der Waals surface area contributed by atoms with Crippen molar-refractivity contribution in [2.45, 2.75) is 37.4 Å². The minimum atomic E-state index is -4.02. The summed E-state index contributed by atoms with van der Waals surface area (Å²) in [4.78, 5) is 24.2. The third kappa shape index (κ3) is 9.14. The lowest BCUT2D eigenvalue weighted by atomic mass is 10.1. The summed E-state index contributed by atoms with van der Waals surface area (Å²) in [6.45, 7) is 2.59. The number of aryl methyl sites for hydroxylation is 1. The highest BCUT2D eigenvalue weighted by Crippen LogP contribution is 2.16. The molecule has 0 aliphatic rings. The Balaban J connectivity index is 0.000000310. The summed E-state index contributed by atoms with van der Waals surface area (Å²) >= 11 is 0. The van der Waals surface area contributed by atoms with Gasteiger partial charge in [0.05, 0.1) is 11.3 Å². The van der Waals surface area contributed by atoms with Crippen LogP contribution in [-0.2, 0) is 32.8 Å². The van der Waals surface area contributed by atoms with Crippen molar-refractivity contribution in [3.8, 4) is 0 Å². The molecule has 8 nitrogen and oxygen atoms in total. The van der Waals surface area contributed by atoms with Gasteiger partial charge < -0.3 is 10.2 Å². The van der Waals surface area contributed by atoms with Crippen LogP contribution in [0.15, 0.2) is 89.8 Å². The predicted molar refractivity (Wildman–Crippen MR) is 127 cm³/mol. The third-order valence-electron chi connectivity index (χ3n) is 4.87. The van der Waals surface area contributed by atoms with E-state index in [0.29, 0.717) is 13.1 Å². The first-order valence-corrected chi connectivity index (χ1v) is 11.8. The zero-order valence-corrected chi connectivity index (χ0v) is 19.4. The Kier molecular flexibility index (Phi) is 9.93. The highest BCUT2D eigenvalue weighted by atomic mass is 32.2. The summed E-state index contributed by atoms with van der Waals surface area (Å²) < 4.78 is 29.6. The maximum Gasteiger partial charge on any atom is 0.321 e. The van der Waals surface area contributed by atoms with Crippen molar-refractivity contribution in [3.63, 3.8) is 0 Å². The van der Waals surface area contributed by atoms with E-state index in [-0.39, 0.29) is 4.90 Å². The molecule has 1 unspecified atom stereocenters. The van der Waals surface area contributed by atoms with Crippen LogP contribution in [0, 0.1) is 6.92 Å². The molecular formula is C25H27NO7S. The van der Waals surface area contributed by atoms with Crippen molar-refractivity contribution < 1.29 is 32.8 Å². The molecule has 0 saturated heterocycles. The van der Waals surface area contributed by atoms with E-state index in [0.717, 1.165) is 16.7 Å². The Labute approximate surface area is 198 Å². The number of nitrogens with zero attached hydrogens (tertiary/aromatic N) is 1. The van der Waals surface area contributed by atoms with Crippen molar-refractivity contribution in [1.82, 2.24) is 4.90 Å². The Morgan fingerprint density at radius 1 is 0.794 bits per heavy atom. The number of carboxylic acids is 2. The molecule has 0 spiro atoms. The molecule has 0 aliphatic carbocycles. The molecule has 0 fully saturated rings. The Bertz CT molecular complexity index is 1120. The predicted octanol–water partition coefficient (Wildman–Crippen LogP) is 3.86. The first-order valence-electron chi connectivity index (χ1n) is 10.4. The first kappa shape index (κ1) is 26.7. The van der Waals surface area contributed by atoms with Gasteiger partial charge in [-0.3, -0.25) is 19.0 Å². The lowest BCUT2D eigenvalue weighted by Gasteiger charge is -2.28. The molecule has 3 N–H and O–H groups in total. The maximum absolute atomic E-state index is 11.6. The topological polar surface area (TPSA) is 132 Å². The molecule has 9 heteroatoms. The minimum Gasteiger partial charge on any atom is -0.481 e. The second-order valence-corrected chi connectivity index (χ2v) is 9.04. The van der Waals surface area contributed by atoms with Crippen LogP contribution in [0.1, 0.15) is 23.1 Å². The van der Waals surface area contributed by atoms with Gasteiger partial charge >= 0.3 is 11.9 Å². The highest BCUT2D eigenvalue weighted by molar-refractivity contribution is 7.85. The summed E-state index contributed by atoms with van der Waals surface area (Å²) in [7, 11) is -4.02. The quantitative estimate of drug-likeness (QED) is 0.389. The third-order valence-corrected chi connectivity index (χ3v) is 5.74. The average molecular weight is 486 g/mol. The van der Waals surface area contributed by atoms with Crippen LogP contribution in [0.2, 0.25) is 0 Å². The molecule has 3 aromatic rings. The normalized spacial score (nSPS) is 11.9. The second-order valence-electron chi connectivity index (χ2n) is 7.62. The van der Waals surface area contributed by atoms with Crippen molar-refractivity contribution in [3.05, 3.63) is 102 Å². The molecule has 0 aliphatic heterocycles. The molecule has 0 amide bonds. The van der Waals surface area contributed by atoms with Gasteiger partial charge in [-0.25, -0.2) is 0 Å². The van der Waals surface area contributed by atoms with Gasteiger partial charge in [-0.05, 0) is 30.2 Å². The van der Waals surface area contributed by atoms with Crippen molar-refractivity contribution in [2.24, 2.45) is 0 Å². The highest BCUT2D eigenvalue weighted by Gasteiger charge is 2.28. The van der Waals surface area contributed by atoms with Crippen molar-refractivity contribution in [2.75, 3.05) is 0 Å². The van der Waals surface area contributed by atoms with E-state index in [9.17, 15) is 23.1 Å². The van der Waals surface area contributed by atoms with Gasteiger partial charge in [0.2, 0.25) is 0 Å². The number of rotatable bonds is 9. The van der Waals surface area contributed by atoms with E-state index in [1.54, 1.807) is 17.0 Å². The largest absolute Gasteiger partial charge is 0.481 e. The van der Waals surface area contributed by atoms with Gasteiger partial charge in [-0.1, -0.05) is 78.4 Å². The first-order chi connectivity index (χ1) is 16.1. The van der Waals surface area contributed by atoms with E-state index in [4.69, 9.17) is 9.66 Å². The SMILES string of the molecule is Cc1ccc(S(=O)(=O)O)cc1.O=C(O)CC(C(=O)O)N(Cc1ccccc1)Cc1ccccc1. The van der Waals surface area contributed by atoms with E-state index in [1.807, 2.05) is 67.6 Å². The fourth-order valence-electron chi connectivity index (χ4n) is 3.16. The standard InChI is InChI=1S/C18H19NO4.C7H8O3S/c20-17(21)11-16(18(22)23)19(12-14-7-3-1-4-8-14)13-15-9-5-2-6-10-15;1-6-2-4-7(5-3-6)11(8,9)10/h1-10,16H,11-13H2,(H,20,21)(H,22,23);2-5H,1H3,(H,8,9,10). The van der Waals surface area contributed by atoms with Gasteiger partial charge in [0.25, 0.3) is 10.1 Å². The number of hydrogen-bond donors (Lipinski definition) is 3. The molecule has 0 heterocycles. The summed E-state index contributed by atoms with van der Waals surface area (Å²) in [5.74, 6) is -2.25. The molecule has 180 valence electrons. The molecular weight excluding hydrogens is 458 g/mol. The zero-order chi connectivity index (χ0) is 25.1. The van der Waals surface area contributed by atoms with E-state index in [2.05, 4.69) is 0 Å². The number of aliphatic carboxylic acids is 2. The second kappa shape index (κ2) is 12.6. The fourth-order valence-corrected chi connectivity index (χ4v) is 3.64. The van der Waals surface area contributed by atoms with Crippen LogP contribution >= 0.6 is 0 Å². The van der Waals surface area contributed by atoms with Gasteiger partial charge in [0.15, 0.2) is 0 Å². The summed E-state index contributed by atoms with van der Waals surface area (Å²) in [5.41, 5.74) is 2.84. The minimum absolute atomic E-state index is 0.0666. The van der Waals surface area contributed by atoms with Crippen LogP contribution in [0.25, 0.3) is 0 Å². The molecule has 3 aromatic carbocycles. The molecule has 0 aromatic heterocycles. The molecule has 0 bridgehead atoms. The molecule has 0 radical (unpaired) electrons. The molecule has 3 rings (SSSR count). The van der Waals surface area contributed by atoms with Gasteiger partial charge in [0, 0.05) is 13.1 Å². The van der Waals surface area contributed by atoms with Crippen LogP contribution in [-0.4, -0.2) is 46.1 Å². The van der Waals surface area contributed by atoms with Gasteiger partial charge in [-0.2, -0.15) is 8.42 Å². The zero-order valence-electron chi connectivity index (χ0n) is 18.6. The number of carboxylic acid groups (broad SMARTS) is 2. The molecule has 0 saturated carbocycles. The van der Waals surface area contributed by atoms with E-state index >= 15 is 0 Å². The Morgan fingerprint density at radius 3 is 1.59 bits per heavy atom. The number of hydrogen-bond acceptors (Lipinski definition) is 5. The van der Waals surface area contributed by atoms with Crippen LogP contribution in [0.5, 0.6) is 0 Å². The smallest absolute Gasteiger partial charge is 0.321 e. The van der Waals surface area contributed by atoms with Crippen molar-refractivity contribution >= 4 is 22.1 Å². The van der Waals surface area contributed by atoms with Crippen molar-refractivity contribution in [1.29, 1.82) is 0 Å². The van der Waals surface area contributed by atoms with Crippen LogP contribution < -0.4 is 0 Å². The Hall–Kier alpha value is -3.53. The molecule has 1 atom stereocenters. The monoisotopic (exact) mass is 485 g/mol. The average Bonchev–Trinajstić information content (AvgIpc) is 2.78. The summed E-state index contributed by atoms with van der Waals surface area (Å²) in [5, 5.41) is 18.5. The summed E-state index contributed by atoms with van der Waals surface area (Å²) in [6, 6.07) is 23.8. The summed E-state index contributed by atoms with van der Waals surface area (Å²) in [6.07, 6.45) is -0.436. The molecule has 34 heavy (non-hydrogen) atoms. The lowest BCUT2D eigenvalue weighted by molar-refractivity contribution is -0.150. The lowest BCUT2D eigenvalue weighted by Crippen LogP contribution is -2.41. The number of benzene rings is 3. The van der Waals surface area contributed by atoms with E-state index in [1.165, 1.54) is 12.1 Å². The van der Waals surface area contributed by atoms with Gasteiger partial charge in [-0.15, -0.1) is 0 Å². The van der Waals surface area contributed by atoms with Crippen LogP contribution in [0.3, 0.4) is 0 Å².